The monoisotopic (exact) mass is 338 g/mol. The van der Waals surface area contributed by atoms with Crippen molar-refractivity contribution in [3.63, 3.8) is 0 Å². The van der Waals surface area contributed by atoms with Gasteiger partial charge in [-0.25, -0.2) is 0 Å². The summed E-state index contributed by atoms with van der Waals surface area (Å²) in [5.74, 6) is 0.450. The molecule has 0 saturated heterocycles. The van der Waals surface area contributed by atoms with E-state index < -0.39 is 0 Å². The molecule has 0 fully saturated rings. The molecule has 3 heteroatoms. The van der Waals surface area contributed by atoms with Crippen molar-refractivity contribution in [2.45, 2.75) is 97.3 Å². The number of methoxy groups -OCH3 is 1. The van der Waals surface area contributed by atoms with E-state index in [-0.39, 0.29) is 11.9 Å². The van der Waals surface area contributed by atoms with Gasteiger partial charge in [-0.15, -0.1) is 0 Å². The summed E-state index contributed by atoms with van der Waals surface area (Å²) in [6.45, 7) is 3.94. The van der Waals surface area contributed by atoms with Gasteiger partial charge in [-0.1, -0.05) is 64.0 Å². The second-order valence-corrected chi connectivity index (χ2v) is 6.75. The summed E-state index contributed by atoms with van der Waals surface area (Å²) in [4.78, 5) is 22.6. The lowest BCUT2D eigenvalue weighted by Gasteiger charge is -2.10. The Hall–Kier alpha value is -1.12. The first kappa shape index (κ1) is 22.9. The second kappa shape index (κ2) is 16.7. The lowest BCUT2D eigenvalue weighted by atomic mass is 9.93. The molecule has 3 nitrogen and oxygen atoms in total. The van der Waals surface area contributed by atoms with Crippen LogP contribution in [-0.4, -0.2) is 18.9 Å². The van der Waals surface area contributed by atoms with Crippen molar-refractivity contribution in [3.8, 4) is 0 Å². The standard InChI is InChI=1S/C21H38O3/c1-4-5-6-13-16-20(19(2)22)17-14-11-9-7-8-10-12-15-18-21(23)24-3/h11,14,20H,4-10,12-13,15-18H2,1-3H3/b14-11+/t20-/m0/s1. The number of allylic oxidation sites excluding steroid dienone is 2. The SMILES string of the molecule is CCCCCC[C@@H](C/C=C/CCCCCCCC(=O)OC)C(C)=O. The lowest BCUT2D eigenvalue weighted by molar-refractivity contribution is -0.140. The van der Waals surface area contributed by atoms with Gasteiger partial charge in [0.25, 0.3) is 0 Å². The molecule has 0 spiro atoms. The van der Waals surface area contributed by atoms with E-state index in [0.717, 1.165) is 32.1 Å². The molecule has 0 radical (unpaired) electrons. The summed E-state index contributed by atoms with van der Waals surface area (Å²) >= 11 is 0. The van der Waals surface area contributed by atoms with E-state index in [9.17, 15) is 9.59 Å². The quantitative estimate of drug-likeness (QED) is 0.196. The van der Waals surface area contributed by atoms with Gasteiger partial charge in [-0.3, -0.25) is 9.59 Å². The second-order valence-electron chi connectivity index (χ2n) is 6.75. The molecule has 0 amide bonds. The first-order valence-electron chi connectivity index (χ1n) is 9.84. The van der Waals surface area contributed by atoms with Crippen LogP contribution in [-0.2, 0) is 14.3 Å². The zero-order chi connectivity index (χ0) is 18.0. The van der Waals surface area contributed by atoms with Crippen molar-refractivity contribution < 1.29 is 14.3 Å². The molecule has 140 valence electrons. The molecule has 0 aromatic carbocycles. The molecule has 0 aromatic heterocycles. The van der Waals surface area contributed by atoms with E-state index in [2.05, 4.69) is 23.8 Å². The van der Waals surface area contributed by atoms with Gasteiger partial charge in [0.1, 0.15) is 5.78 Å². The highest BCUT2D eigenvalue weighted by molar-refractivity contribution is 5.78. The number of ether oxygens (including phenoxy) is 1. The summed E-state index contributed by atoms with van der Waals surface area (Å²) in [6.07, 6.45) is 18.6. The molecule has 0 saturated carbocycles. The lowest BCUT2D eigenvalue weighted by Crippen LogP contribution is -2.09. The third kappa shape index (κ3) is 14.5. The van der Waals surface area contributed by atoms with Crippen LogP contribution in [0.2, 0.25) is 0 Å². The van der Waals surface area contributed by atoms with Gasteiger partial charge in [0.2, 0.25) is 0 Å². The van der Waals surface area contributed by atoms with Crippen molar-refractivity contribution in [1.82, 2.24) is 0 Å². The van der Waals surface area contributed by atoms with E-state index in [4.69, 9.17) is 0 Å². The predicted octanol–water partition coefficient (Wildman–Crippen LogP) is 6.01. The van der Waals surface area contributed by atoms with Gasteiger partial charge in [0, 0.05) is 12.3 Å². The minimum atomic E-state index is -0.104. The number of ketones is 1. The highest BCUT2D eigenvalue weighted by Gasteiger charge is 2.11. The summed E-state index contributed by atoms with van der Waals surface area (Å²) in [6, 6.07) is 0. The molecule has 0 rings (SSSR count). The van der Waals surface area contributed by atoms with Gasteiger partial charge in [0.05, 0.1) is 7.11 Å². The Morgan fingerprint density at radius 1 is 0.917 bits per heavy atom. The number of hydrogen-bond acceptors (Lipinski definition) is 3. The maximum Gasteiger partial charge on any atom is 0.305 e. The summed E-state index contributed by atoms with van der Waals surface area (Å²) < 4.78 is 4.62. The van der Waals surface area contributed by atoms with Crippen LogP contribution in [0.3, 0.4) is 0 Å². The first-order chi connectivity index (χ1) is 11.6. The number of carbonyl (C=O) groups is 2. The van der Waals surface area contributed by atoms with Gasteiger partial charge in [-0.05, 0) is 39.0 Å². The molecule has 0 aromatic rings. The van der Waals surface area contributed by atoms with Gasteiger partial charge < -0.3 is 4.74 Å². The summed E-state index contributed by atoms with van der Waals surface area (Å²) in [5.41, 5.74) is 0. The van der Waals surface area contributed by atoms with Crippen LogP contribution >= 0.6 is 0 Å². The Balaban J connectivity index is 3.59. The Labute approximate surface area is 149 Å². The number of unbranched alkanes of at least 4 members (excludes halogenated alkanes) is 8. The molecule has 0 bridgehead atoms. The van der Waals surface area contributed by atoms with Crippen molar-refractivity contribution in [1.29, 1.82) is 0 Å². The largest absolute Gasteiger partial charge is 0.469 e. The Bertz CT molecular complexity index is 347. The molecule has 0 aliphatic carbocycles. The van der Waals surface area contributed by atoms with Crippen LogP contribution in [0.25, 0.3) is 0 Å². The Morgan fingerprint density at radius 2 is 1.58 bits per heavy atom. The Morgan fingerprint density at radius 3 is 2.25 bits per heavy atom. The number of Topliss-reactive ketones (excluding diaryl/α,β-unsaturated/α-hetero) is 1. The van der Waals surface area contributed by atoms with Crippen molar-refractivity contribution in [3.05, 3.63) is 12.2 Å². The average molecular weight is 339 g/mol. The average Bonchev–Trinajstić information content (AvgIpc) is 2.57. The molecule has 0 heterocycles. The van der Waals surface area contributed by atoms with Crippen LogP contribution in [0.1, 0.15) is 97.3 Å². The number of carbonyl (C=O) groups excluding carboxylic acids is 2. The minimum absolute atomic E-state index is 0.104. The molecular weight excluding hydrogens is 300 g/mol. The third-order valence-electron chi connectivity index (χ3n) is 4.55. The molecular formula is C21H38O3. The smallest absolute Gasteiger partial charge is 0.305 e. The number of rotatable bonds is 16. The molecule has 1 atom stereocenters. The molecule has 0 aliphatic heterocycles. The zero-order valence-electron chi connectivity index (χ0n) is 16.1. The van der Waals surface area contributed by atoms with E-state index in [1.54, 1.807) is 6.92 Å². The third-order valence-corrected chi connectivity index (χ3v) is 4.55. The molecule has 0 unspecified atom stereocenters. The summed E-state index contributed by atoms with van der Waals surface area (Å²) in [5, 5.41) is 0. The highest BCUT2D eigenvalue weighted by Crippen LogP contribution is 2.17. The topological polar surface area (TPSA) is 43.4 Å². The highest BCUT2D eigenvalue weighted by atomic mass is 16.5. The summed E-state index contributed by atoms with van der Waals surface area (Å²) in [7, 11) is 1.44. The predicted molar refractivity (Wildman–Crippen MR) is 101 cm³/mol. The van der Waals surface area contributed by atoms with Crippen LogP contribution in [0.4, 0.5) is 0 Å². The molecule has 0 N–H and O–H groups in total. The van der Waals surface area contributed by atoms with Crippen LogP contribution in [0.5, 0.6) is 0 Å². The maximum atomic E-state index is 11.7. The normalized spacial score (nSPS) is 12.5. The van der Waals surface area contributed by atoms with E-state index in [0.29, 0.717) is 12.2 Å². The Kier molecular flexibility index (Phi) is 15.9. The van der Waals surface area contributed by atoms with E-state index >= 15 is 0 Å². The van der Waals surface area contributed by atoms with Gasteiger partial charge in [-0.2, -0.15) is 0 Å². The fraction of sp³-hybridized carbons (Fsp3) is 0.810. The number of esters is 1. The zero-order valence-corrected chi connectivity index (χ0v) is 16.1. The maximum absolute atomic E-state index is 11.7. The van der Waals surface area contributed by atoms with E-state index in [1.165, 1.54) is 52.1 Å². The van der Waals surface area contributed by atoms with Gasteiger partial charge in [0.15, 0.2) is 0 Å². The minimum Gasteiger partial charge on any atom is -0.469 e. The van der Waals surface area contributed by atoms with E-state index in [1.807, 2.05) is 0 Å². The number of hydrogen-bond donors (Lipinski definition) is 0. The van der Waals surface area contributed by atoms with Gasteiger partial charge >= 0.3 is 5.97 Å². The van der Waals surface area contributed by atoms with Crippen molar-refractivity contribution in [2.75, 3.05) is 7.11 Å². The van der Waals surface area contributed by atoms with Crippen LogP contribution < -0.4 is 0 Å². The molecule has 0 aliphatic rings. The van der Waals surface area contributed by atoms with Crippen LogP contribution in [0, 0.1) is 5.92 Å². The van der Waals surface area contributed by atoms with Crippen molar-refractivity contribution >= 4 is 11.8 Å². The van der Waals surface area contributed by atoms with Crippen LogP contribution in [0.15, 0.2) is 12.2 Å². The molecule has 24 heavy (non-hydrogen) atoms. The fourth-order valence-corrected chi connectivity index (χ4v) is 2.85. The van der Waals surface area contributed by atoms with Crippen molar-refractivity contribution in [2.24, 2.45) is 5.92 Å². The fourth-order valence-electron chi connectivity index (χ4n) is 2.85. The first-order valence-corrected chi connectivity index (χ1v) is 9.84.